The molecular formula is C19H28N2O3S. The molecule has 1 heterocycles. The van der Waals surface area contributed by atoms with E-state index >= 15 is 0 Å². The molecule has 3 rings (SSSR count). The van der Waals surface area contributed by atoms with Gasteiger partial charge < -0.3 is 4.90 Å². The summed E-state index contributed by atoms with van der Waals surface area (Å²) in [4.78, 5) is 15.5. The number of likely N-dealkylation sites (tertiary alicyclic amines) is 1. The minimum Gasteiger partial charge on any atom is -0.342 e. The van der Waals surface area contributed by atoms with Gasteiger partial charge in [-0.15, -0.1) is 0 Å². The summed E-state index contributed by atoms with van der Waals surface area (Å²) in [5.41, 5.74) is 1.14. The van der Waals surface area contributed by atoms with Crippen LogP contribution in [0.2, 0.25) is 0 Å². The fourth-order valence-corrected chi connectivity index (χ4v) is 4.82. The third-order valence-corrected chi connectivity index (χ3v) is 6.11. The van der Waals surface area contributed by atoms with Crippen LogP contribution in [-0.2, 0) is 20.2 Å². The van der Waals surface area contributed by atoms with Crippen molar-refractivity contribution in [3.8, 4) is 0 Å². The fourth-order valence-electron chi connectivity index (χ4n) is 4.25. The van der Waals surface area contributed by atoms with Crippen molar-refractivity contribution in [1.29, 1.82) is 0 Å². The van der Waals surface area contributed by atoms with E-state index in [1.54, 1.807) is 12.1 Å². The van der Waals surface area contributed by atoms with Crippen LogP contribution in [0.4, 0.5) is 5.69 Å². The lowest BCUT2D eigenvalue weighted by Crippen LogP contribution is -2.49. The first-order valence-corrected chi connectivity index (χ1v) is 11.2. The van der Waals surface area contributed by atoms with Gasteiger partial charge in [0.1, 0.15) is 0 Å². The smallest absolute Gasteiger partial charge is 0.233 e. The monoisotopic (exact) mass is 364 g/mol. The molecule has 5 nitrogen and oxygen atoms in total. The number of sulfonamides is 1. The molecule has 0 bridgehead atoms. The zero-order valence-corrected chi connectivity index (χ0v) is 15.8. The van der Waals surface area contributed by atoms with Gasteiger partial charge >= 0.3 is 0 Å². The Kier molecular flexibility index (Phi) is 5.37. The highest BCUT2D eigenvalue weighted by Crippen LogP contribution is 2.41. The number of piperidine rings is 1. The fraction of sp³-hybridized carbons (Fsp3) is 0.632. The predicted octanol–water partition coefficient (Wildman–Crippen LogP) is 3.27. The van der Waals surface area contributed by atoms with Crippen molar-refractivity contribution in [3.05, 3.63) is 29.8 Å². The van der Waals surface area contributed by atoms with Crippen molar-refractivity contribution in [2.45, 2.75) is 56.8 Å². The zero-order chi connectivity index (χ0) is 17.9. The molecule has 1 saturated heterocycles. The lowest BCUT2D eigenvalue weighted by molar-refractivity contribution is -0.139. The van der Waals surface area contributed by atoms with Crippen LogP contribution in [0, 0.1) is 0 Å². The van der Waals surface area contributed by atoms with E-state index in [2.05, 4.69) is 9.62 Å². The predicted molar refractivity (Wildman–Crippen MR) is 100 cm³/mol. The molecule has 0 aromatic heterocycles. The average Bonchev–Trinajstić information content (AvgIpc) is 2.62. The Labute approximate surface area is 150 Å². The molecule has 1 aliphatic heterocycles. The first kappa shape index (κ1) is 18.2. The third-order valence-electron chi connectivity index (χ3n) is 5.50. The molecule has 1 aliphatic carbocycles. The van der Waals surface area contributed by atoms with Gasteiger partial charge in [0, 0.05) is 18.8 Å². The minimum atomic E-state index is -3.29. The Morgan fingerprint density at radius 3 is 2.08 bits per heavy atom. The number of amides is 1. The van der Waals surface area contributed by atoms with Gasteiger partial charge in [0.25, 0.3) is 0 Å². The molecule has 0 spiro atoms. The number of anilines is 1. The molecule has 0 radical (unpaired) electrons. The van der Waals surface area contributed by atoms with Crippen molar-refractivity contribution in [2.24, 2.45) is 0 Å². The van der Waals surface area contributed by atoms with Crippen LogP contribution in [0.3, 0.4) is 0 Å². The van der Waals surface area contributed by atoms with Crippen molar-refractivity contribution in [1.82, 2.24) is 4.90 Å². The average molecular weight is 365 g/mol. The SMILES string of the molecule is CS(=O)(=O)Nc1ccc(C2(C(=O)N3CCCCC3)CCCCC2)cc1. The van der Waals surface area contributed by atoms with Gasteiger partial charge in [-0.25, -0.2) is 8.42 Å². The topological polar surface area (TPSA) is 66.5 Å². The van der Waals surface area contributed by atoms with Gasteiger partial charge in [-0.2, -0.15) is 0 Å². The van der Waals surface area contributed by atoms with Gasteiger partial charge in [-0.1, -0.05) is 31.4 Å². The van der Waals surface area contributed by atoms with E-state index in [-0.39, 0.29) is 5.91 Å². The van der Waals surface area contributed by atoms with Gasteiger partial charge in [-0.3, -0.25) is 9.52 Å². The number of hydrogen-bond acceptors (Lipinski definition) is 3. The van der Waals surface area contributed by atoms with Crippen LogP contribution in [0.5, 0.6) is 0 Å². The summed E-state index contributed by atoms with van der Waals surface area (Å²) in [5, 5.41) is 0. The largest absolute Gasteiger partial charge is 0.342 e. The highest BCUT2D eigenvalue weighted by atomic mass is 32.2. The number of rotatable bonds is 4. The quantitative estimate of drug-likeness (QED) is 0.892. The van der Waals surface area contributed by atoms with E-state index in [9.17, 15) is 13.2 Å². The molecule has 0 atom stereocenters. The Morgan fingerprint density at radius 2 is 1.52 bits per heavy atom. The van der Waals surface area contributed by atoms with Crippen molar-refractivity contribution in [3.63, 3.8) is 0 Å². The van der Waals surface area contributed by atoms with E-state index in [0.717, 1.165) is 63.4 Å². The van der Waals surface area contributed by atoms with E-state index in [4.69, 9.17) is 0 Å². The van der Waals surface area contributed by atoms with Crippen LogP contribution >= 0.6 is 0 Å². The summed E-state index contributed by atoms with van der Waals surface area (Å²) in [7, 11) is -3.29. The Hall–Kier alpha value is -1.56. The van der Waals surface area contributed by atoms with E-state index in [0.29, 0.717) is 5.69 Å². The second-order valence-electron chi connectivity index (χ2n) is 7.45. The number of benzene rings is 1. The van der Waals surface area contributed by atoms with Crippen molar-refractivity contribution in [2.75, 3.05) is 24.1 Å². The Morgan fingerprint density at radius 1 is 0.960 bits per heavy atom. The second-order valence-corrected chi connectivity index (χ2v) is 9.20. The molecule has 1 saturated carbocycles. The molecule has 6 heteroatoms. The summed E-state index contributed by atoms with van der Waals surface area (Å²) in [6, 6.07) is 7.41. The maximum Gasteiger partial charge on any atom is 0.233 e. The molecule has 1 amide bonds. The number of nitrogens with one attached hydrogen (secondary N) is 1. The third kappa shape index (κ3) is 4.17. The van der Waals surface area contributed by atoms with Gasteiger partial charge in [0.15, 0.2) is 0 Å². The molecular weight excluding hydrogens is 336 g/mol. The highest BCUT2D eigenvalue weighted by molar-refractivity contribution is 7.92. The van der Waals surface area contributed by atoms with Crippen LogP contribution in [0.25, 0.3) is 0 Å². The Balaban J connectivity index is 1.88. The summed E-state index contributed by atoms with van der Waals surface area (Å²) in [5.74, 6) is 0.274. The number of nitrogens with zero attached hydrogens (tertiary/aromatic N) is 1. The minimum absolute atomic E-state index is 0.274. The second kappa shape index (κ2) is 7.36. The number of hydrogen-bond donors (Lipinski definition) is 1. The summed E-state index contributed by atoms with van der Waals surface area (Å²) < 4.78 is 25.3. The summed E-state index contributed by atoms with van der Waals surface area (Å²) in [6.07, 6.45) is 9.65. The molecule has 1 N–H and O–H groups in total. The van der Waals surface area contributed by atoms with Crippen LogP contribution < -0.4 is 4.72 Å². The van der Waals surface area contributed by atoms with E-state index in [1.807, 2.05) is 12.1 Å². The standard InChI is InChI=1S/C19H28N2O3S/c1-25(23,24)20-17-10-8-16(9-11-17)19(12-4-2-5-13-19)18(22)21-14-6-3-7-15-21/h8-11,20H,2-7,12-15H2,1H3. The Bertz CT molecular complexity index is 701. The zero-order valence-electron chi connectivity index (χ0n) is 15.0. The van der Waals surface area contributed by atoms with Gasteiger partial charge in [0.05, 0.1) is 11.7 Å². The van der Waals surface area contributed by atoms with Crippen LogP contribution in [-0.4, -0.2) is 38.6 Å². The van der Waals surface area contributed by atoms with E-state index in [1.165, 1.54) is 12.8 Å². The molecule has 138 valence electrons. The lowest BCUT2D eigenvalue weighted by Gasteiger charge is -2.41. The number of carbonyl (C=O) groups is 1. The highest BCUT2D eigenvalue weighted by Gasteiger charge is 2.43. The normalized spacial score (nSPS) is 20.9. The van der Waals surface area contributed by atoms with Crippen molar-refractivity contribution >= 4 is 21.6 Å². The molecule has 2 fully saturated rings. The number of carbonyl (C=O) groups excluding carboxylic acids is 1. The molecule has 25 heavy (non-hydrogen) atoms. The summed E-state index contributed by atoms with van der Waals surface area (Å²) >= 11 is 0. The maximum atomic E-state index is 13.4. The first-order chi connectivity index (χ1) is 11.9. The maximum absolute atomic E-state index is 13.4. The van der Waals surface area contributed by atoms with Crippen molar-refractivity contribution < 1.29 is 13.2 Å². The molecule has 2 aliphatic rings. The molecule has 1 aromatic carbocycles. The molecule has 1 aromatic rings. The van der Waals surface area contributed by atoms with Gasteiger partial charge in [-0.05, 0) is 49.8 Å². The first-order valence-electron chi connectivity index (χ1n) is 9.28. The van der Waals surface area contributed by atoms with Crippen LogP contribution in [0.1, 0.15) is 56.9 Å². The van der Waals surface area contributed by atoms with Gasteiger partial charge in [0.2, 0.25) is 15.9 Å². The van der Waals surface area contributed by atoms with Crippen LogP contribution in [0.15, 0.2) is 24.3 Å². The summed E-state index contributed by atoms with van der Waals surface area (Å²) in [6.45, 7) is 1.74. The molecule has 0 unspecified atom stereocenters. The van der Waals surface area contributed by atoms with E-state index < -0.39 is 15.4 Å². The lowest BCUT2D eigenvalue weighted by atomic mass is 9.68.